The third-order valence-electron chi connectivity index (χ3n) is 6.27. The summed E-state index contributed by atoms with van der Waals surface area (Å²) in [5.74, 6) is 0.760. The van der Waals surface area contributed by atoms with Crippen LogP contribution in [0.15, 0.2) is 47.2 Å². The van der Waals surface area contributed by atoms with Crippen LogP contribution >= 0.6 is 0 Å². The highest BCUT2D eigenvalue weighted by Gasteiger charge is 2.55. The minimum absolute atomic E-state index is 0.0645. The Bertz CT molecular complexity index is 1120. The van der Waals surface area contributed by atoms with Gasteiger partial charge in [-0.15, -0.1) is 0 Å². The zero-order valence-corrected chi connectivity index (χ0v) is 19.3. The number of nitrogens with zero attached hydrogens (tertiary/aromatic N) is 4. The van der Waals surface area contributed by atoms with Gasteiger partial charge < -0.3 is 19.6 Å². The average Bonchev–Trinajstić information content (AvgIpc) is 3.27. The third kappa shape index (κ3) is 3.74. The molecule has 1 aliphatic heterocycles. The van der Waals surface area contributed by atoms with Crippen LogP contribution in [-0.2, 0) is 11.2 Å². The van der Waals surface area contributed by atoms with Gasteiger partial charge in [0.2, 0.25) is 5.82 Å². The van der Waals surface area contributed by atoms with Gasteiger partial charge in [0.25, 0.3) is 5.89 Å². The highest BCUT2D eigenvalue weighted by molar-refractivity contribution is 5.56. The monoisotopic (exact) mass is 437 g/mol. The maximum atomic E-state index is 12.4. The second kappa shape index (κ2) is 7.76. The lowest BCUT2D eigenvalue weighted by atomic mass is 9.62. The van der Waals surface area contributed by atoms with E-state index in [0.29, 0.717) is 30.1 Å². The second-order valence-corrected chi connectivity index (χ2v) is 9.88. The van der Waals surface area contributed by atoms with Crippen LogP contribution < -0.4 is 0 Å². The molecule has 0 bridgehead atoms. The topological polar surface area (TPSA) is 95.5 Å². The molecule has 1 aromatic carbocycles. The van der Waals surface area contributed by atoms with Crippen LogP contribution in [-0.4, -0.2) is 50.4 Å². The Balaban J connectivity index is 1.83. The third-order valence-corrected chi connectivity index (χ3v) is 6.27. The molecule has 4 rings (SSSR count). The molecule has 32 heavy (non-hydrogen) atoms. The van der Waals surface area contributed by atoms with Gasteiger partial charge in [0.15, 0.2) is 0 Å². The zero-order chi connectivity index (χ0) is 24.0. The maximum Gasteiger partial charge on any atom is 0.258 e. The molecule has 2 N–H and O–H groups in total. The molecule has 7 heteroatoms. The Morgan fingerprint density at radius 1 is 1.12 bits per heavy atom. The van der Waals surface area contributed by atoms with Crippen LogP contribution in [0.2, 0.25) is 0 Å². The Labute approximate surface area is 190 Å². The molecule has 3 heterocycles. The highest BCUT2D eigenvalue weighted by atomic mass is 16.5. The van der Waals surface area contributed by atoms with Gasteiger partial charge in [-0.05, 0) is 44.0 Å². The van der Waals surface area contributed by atoms with E-state index in [4.69, 9.17) is 5.89 Å². The Morgan fingerprint density at radius 3 is 2.34 bits per heavy atom. The van der Waals surface area contributed by atoms with Crippen LogP contribution in [0.4, 0.5) is 0 Å². The lowest BCUT2D eigenvalue weighted by Crippen LogP contribution is -2.63. The predicted molar refractivity (Wildman–Crippen MR) is 122 cm³/mol. The number of hydrogen-bond donors (Lipinski definition) is 2. The van der Waals surface area contributed by atoms with E-state index in [0.717, 1.165) is 5.56 Å². The average molecular weight is 438 g/mol. The van der Waals surface area contributed by atoms with Gasteiger partial charge in [-0.25, -0.2) is 0 Å². The fourth-order valence-corrected chi connectivity index (χ4v) is 4.45. The molecule has 7 nitrogen and oxygen atoms in total. The van der Waals surface area contributed by atoms with Crippen LogP contribution in [0.5, 0.6) is 0 Å². The molecular formula is C25H32N4O3. The number of rotatable bonds is 6. The summed E-state index contributed by atoms with van der Waals surface area (Å²) in [7, 11) is 1.99. The largest absolute Gasteiger partial charge is 0.381 e. The minimum atomic E-state index is -1.43. The van der Waals surface area contributed by atoms with Gasteiger partial charge in [0.05, 0.1) is 0 Å². The second-order valence-electron chi connectivity index (χ2n) is 9.88. The summed E-state index contributed by atoms with van der Waals surface area (Å²) in [5, 5.41) is 26.6. The molecular weight excluding hydrogens is 404 g/mol. The SMILES string of the molecule is [2H]CC1([C@](O)(c2ccc(C(C)C)cc2)c2cncc(-c3noc(C(C)(C)O)n3)c2)CN(C)C1. The van der Waals surface area contributed by atoms with E-state index in [2.05, 4.69) is 33.9 Å². The van der Waals surface area contributed by atoms with Crippen molar-refractivity contribution >= 4 is 0 Å². The van der Waals surface area contributed by atoms with Crippen molar-refractivity contribution in [3.05, 3.63) is 65.3 Å². The number of pyridine rings is 1. The smallest absolute Gasteiger partial charge is 0.258 e. The molecule has 1 atom stereocenters. The minimum Gasteiger partial charge on any atom is -0.381 e. The Hall–Kier alpha value is -2.61. The fourth-order valence-electron chi connectivity index (χ4n) is 4.45. The maximum absolute atomic E-state index is 12.4. The number of likely N-dealkylation sites (tertiary alicyclic amines) is 1. The van der Waals surface area contributed by atoms with Crippen LogP contribution in [0, 0.1) is 5.41 Å². The number of aromatic nitrogens is 3. The van der Waals surface area contributed by atoms with E-state index >= 15 is 0 Å². The summed E-state index contributed by atoms with van der Waals surface area (Å²) >= 11 is 0. The Kier molecular flexibility index (Phi) is 5.15. The summed E-state index contributed by atoms with van der Waals surface area (Å²) in [6.07, 6.45) is 3.25. The van der Waals surface area contributed by atoms with Gasteiger partial charge in [0, 0.05) is 43.4 Å². The molecule has 0 amide bonds. The van der Waals surface area contributed by atoms with Crippen molar-refractivity contribution in [3.63, 3.8) is 0 Å². The van der Waals surface area contributed by atoms with E-state index in [1.807, 2.05) is 31.3 Å². The van der Waals surface area contributed by atoms with Gasteiger partial charge in [-0.1, -0.05) is 50.2 Å². The molecule has 2 aromatic heterocycles. The van der Waals surface area contributed by atoms with Crippen molar-refractivity contribution in [2.45, 2.75) is 51.7 Å². The standard InChI is InChI=1S/C25H32N4O3/c1-16(2)17-7-9-19(10-8-17)25(31,24(5)14-29(6)15-24)20-11-18(12-26-13-20)21-27-22(32-28-21)23(3,4)30/h7-13,16,30-31H,14-15H2,1-6H3/t25-/m0/s1/i5D. The molecule has 1 saturated heterocycles. The van der Waals surface area contributed by atoms with Crippen molar-refractivity contribution in [1.29, 1.82) is 0 Å². The van der Waals surface area contributed by atoms with Crippen molar-refractivity contribution < 1.29 is 16.1 Å². The number of hydrogen-bond acceptors (Lipinski definition) is 7. The molecule has 3 aromatic rings. The zero-order valence-electron chi connectivity index (χ0n) is 20.3. The van der Waals surface area contributed by atoms with Crippen molar-refractivity contribution in [3.8, 4) is 11.4 Å². The summed E-state index contributed by atoms with van der Waals surface area (Å²) in [6, 6.07) is 9.79. The van der Waals surface area contributed by atoms with Crippen molar-refractivity contribution in [2.24, 2.45) is 5.41 Å². The first-order valence-corrected chi connectivity index (χ1v) is 10.8. The van der Waals surface area contributed by atoms with E-state index in [-0.39, 0.29) is 18.6 Å². The fraction of sp³-hybridized carbons (Fsp3) is 0.480. The Morgan fingerprint density at radius 2 is 1.81 bits per heavy atom. The first kappa shape index (κ1) is 21.2. The van der Waals surface area contributed by atoms with Gasteiger partial charge in [-0.3, -0.25) is 4.98 Å². The predicted octanol–water partition coefficient (Wildman–Crippen LogP) is 3.67. The molecule has 1 aliphatic rings. The number of benzene rings is 1. The molecule has 0 aliphatic carbocycles. The summed E-state index contributed by atoms with van der Waals surface area (Å²) in [4.78, 5) is 10.8. The number of aliphatic hydroxyl groups is 2. The quantitative estimate of drug-likeness (QED) is 0.607. The van der Waals surface area contributed by atoms with Crippen LogP contribution in [0.3, 0.4) is 0 Å². The van der Waals surface area contributed by atoms with Crippen molar-refractivity contribution in [2.75, 3.05) is 20.1 Å². The lowest BCUT2D eigenvalue weighted by molar-refractivity contribution is -0.127. The van der Waals surface area contributed by atoms with E-state index in [1.54, 1.807) is 32.3 Å². The van der Waals surface area contributed by atoms with Gasteiger partial charge in [-0.2, -0.15) is 4.98 Å². The van der Waals surface area contributed by atoms with Crippen LogP contribution in [0.25, 0.3) is 11.4 Å². The summed E-state index contributed by atoms with van der Waals surface area (Å²) in [6.45, 7) is 8.66. The van der Waals surface area contributed by atoms with Gasteiger partial charge in [0.1, 0.15) is 11.2 Å². The van der Waals surface area contributed by atoms with Gasteiger partial charge >= 0.3 is 0 Å². The first-order valence-electron chi connectivity index (χ1n) is 11.5. The molecule has 170 valence electrons. The summed E-state index contributed by atoms with van der Waals surface area (Å²) in [5.41, 5.74) is -0.314. The van der Waals surface area contributed by atoms with Crippen molar-refractivity contribution in [1.82, 2.24) is 20.0 Å². The molecule has 0 spiro atoms. The highest BCUT2D eigenvalue weighted by Crippen LogP contribution is 2.50. The molecule has 0 unspecified atom stereocenters. The molecule has 0 radical (unpaired) electrons. The van der Waals surface area contributed by atoms with E-state index in [1.165, 1.54) is 5.56 Å². The van der Waals surface area contributed by atoms with Crippen LogP contribution in [0.1, 0.15) is 64.5 Å². The first-order chi connectivity index (χ1) is 15.5. The van der Waals surface area contributed by atoms with E-state index in [9.17, 15) is 10.2 Å². The molecule has 1 fully saturated rings. The lowest BCUT2D eigenvalue weighted by Gasteiger charge is -2.55. The summed E-state index contributed by atoms with van der Waals surface area (Å²) < 4.78 is 13.6. The van der Waals surface area contributed by atoms with E-state index < -0.39 is 16.6 Å². The normalized spacial score (nSPS) is 18.8. The molecule has 0 saturated carbocycles.